The van der Waals surface area contributed by atoms with Gasteiger partial charge >= 0.3 is 0 Å². The molecule has 0 bridgehead atoms. The molecule has 1 aromatic heterocycles. The van der Waals surface area contributed by atoms with Crippen LogP contribution in [0.4, 0.5) is 8.78 Å². The van der Waals surface area contributed by atoms with Crippen LogP contribution in [0.2, 0.25) is 0 Å². The number of benzene rings is 1. The van der Waals surface area contributed by atoms with Gasteiger partial charge in [-0.25, -0.2) is 13.5 Å². The Balaban J connectivity index is 0.00000264. The first kappa shape index (κ1) is 19.4. The van der Waals surface area contributed by atoms with Gasteiger partial charge in [0.2, 0.25) is 5.88 Å². The minimum atomic E-state index is -0.480. The van der Waals surface area contributed by atoms with Crippen molar-refractivity contribution in [3.8, 4) is 5.88 Å². The van der Waals surface area contributed by atoms with Crippen molar-refractivity contribution in [2.75, 3.05) is 7.05 Å². The molecule has 0 aliphatic carbocycles. The number of rotatable bonds is 7. The van der Waals surface area contributed by atoms with E-state index in [1.54, 1.807) is 4.68 Å². The molecule has 4 nitrogen and oxygen atoms in total. The Hall–Kier alpha value is -1.66. The first-order chi connectivity index (χ1) is 10.5. The molecule has 0 fully saturated rings. The van der Waals surface area contributed by atoms with Crippen LogP contribution in [0.1, 0.15) is 25.1 Å². The molecule has 128 valence electrons. The van der Waals surface area contributed by atoms with Crippen LogP contribution in [0.15, 0.2) is 24.3 Å². The lowest BCUT2D eigenvalue weighted by Gasteiger charge is -2.11. The van der Waals surface area contributed by atoms with Crippen LogP contribution in [0.25, 0.3) is 0 Å². The van der Waals surface area contributed by atoms with Gasteiger partial charge in [-0.2, -0.15) is 5.10 Å². The van der Waals surface area contributed by atoms with Gasteiger partial charge in [0.15, 0.2) is 0 Å². The van der Waals surface area contributed by atoms with E-state index >= 15 is 0 Å². The van der Waals surface area contributed by atoms with E-state index in [2.05, 4.69) is 24.3 Å². The average molecular weight is 346 g/mol. The monoisotopic (exact) mass is 345 g/mol. The summed E-state index contributed by atoms with van der Waals surface area (Å²) in [5.74, 6) is -0.00321. The maximum atomic E-state index is 13.6. The van der Waals surface area contributed by atoms with Crippen LogP contribution >= 0.6 is 12.4 Å². The van der Waals surface area contributed by atoms with Crippen molar-refractivity contribution >= 4 is 12.4 Å². The van der Waals surface area contributed by atoms with Gasteiger partial charge in [-0.1, -0.05) is 13.8 Å². The molecule has 2 rings (SSSR count). The first-order valence-corrected chi connectivity index (χ1v) is 7.27. The number of hydrogen-bond donors (Lipinski definition) is 1. The number of nitrogens with zero attached hydrogens (tertiary/aromatic N) is 2. The number of nitrogens with one attached hydrogen (secondary N) is 1. The molecule has 0 saturated heterocycles. The average Bonchev–Trinajstić information content (AvgIpc) is 2.81. The van der Waals surface area contributed by atoms with Crippen molar-refractivity contribution in [1.29, 1.82) is 0 Å². The fourth-order valence-electron chi connectivity index (χ4n) is 2.12. The Morgan fingerprint density at radius 3 is 2.65 bits per heavy atom. The van der Waals surface area contributed by atoms with Crippen molar-refractivity contribution in [1.82, 2.24) is 15.1 Å². The molecule has 0 spiro atoms. The van der Waals surface area contributed by atoms with Crippen molar-refractivity contribution in [2.24, 2.45) is 5.92 Å². The van der Waals surface area contributed by atoms with Crippen LogP contribution in [-0.2, 0) is 19.7 Å². The fraction of sp³-hybridized carbons (Fsp3) is 0.438. The third kappa shape index (κ3) is 5.48. The van der Waals surface area contributed by atoms with E-state index in [9.17, 15) is 8.78 Å². The van der Waals surface area contributed by atoms with Crippen molar-refractivity contribution in [3.05, 3.63) is 47.2 Å². The van der Waals surface area contributed by atoms with E-state index in [0.29, 0.717) is 24.9 Å². The van der Waals surface area contributed by atoms with Gasteiger partial charge < -0.3 is 10.1 Å². The molecule has 7 heteroatoms. The van der Waals surface area contributed by atoms with E-state index in [1.807, 2.05) is 13.1 Å². The van der Waals surface area contributed by atoms with E-state index in [4.69, 9.17) is 4.74 Å². The molecule has 1 heterocycles. The molecule has 0 atom stereocenters. The summed E-state index contributed by atoms with van der Waals surface area (Å²) in [6.07, 6.45) is 0. The van der Waals surface area contributed by atoms with Gasteiger partial charge in [0, 0.05) is 24.7 Å². The molecule has 0 saturated carbocycles. The standard InChI is InChI=1S/C16H21F2N3O.ClH/c1-11(2)9-21-16(7-14(20-21)8-19-3)22-10-12-6-13(17)4-5-15(12)18;/h4-7,11,19H,8-10H2,1-3H3;1H. The molecule has 23 heavy (non-hydrogen) atoms. The SMILES string of the molecule is CNCc1cc(OCc2cc(F)ccc2F)n(CC(C)C)n1.Cl. The third-order valence-corrected chi connectivity index (χ3v) is 3.07. The van der Waals surface area contributed by atoms with E-state index < -0.39 is 11.6 Å². The van der Waals surface area contributed by atoms with Gasteiger partial charge in [0.05, 0.1) is 5.69 Å². The highest BCUT2D eigenvalue weighted by atomic mass is 35.5. The molecule has 0 amide bonds. The first-order valence-electron chi connectivity index (χ1n) is 7.27. The summed E-state index contributed by atoms with van der Waals surface area (Å²) < 4.78 is 34.2. The van der Waals surface area contributed by atoms with Gasteiger partial charge in [-0.3, -0.25) is 0 Å². The van der Waals surface area contributed by atoms with Gasteiger partial charge in [0.1, 0.15) is 18.2 Å². The maximum absolute atomic E-state index is 13.6. The highest BCUT2D eigenvalue weighted by Crippen LogP contribution is 2.19. The second-order valence-electron chi connectivity index (χ2n) is 5.60. The van der Waals surface area contributed by atoms with Crippen molar-refractivity contribution < 1.29 is 13.5 Å². The lowest BCUT2D eigenvalue weighted by molar-refractivity contribution is 0.260. The Bertz CT molecular complexity index is 632. The lowest BCUT2D eigenvalue weighted by atomic mass is 10.2. The molecule has 0 radical (unpaired) electrons. The molecule has 0 aliphatic heterocycles. The van der Waals surface area contributed by atoms with Crippen molar-refractivity contribution in [3.63, 3.8) is 0 Å². The lowest BCUT2D eigenvalue weighted by Crippen LogP contribution is -2.11. The van der Waals surface area contributed by atoms with Crippen LogP contribution in [0, 0.1) is 17.6 Å². The number of aromatic nitrogens is 2. The summed E-state index contributed by atoms with van der Waals surface area (Å²) in [5.41, 5.74) is 1.03. The Kier molecular flexibility index (Phi) is 7.45. The Morgan fingerprint density at radius 2 is 2.00 bits per heavy atom. The van der Waals surface area contributed by atoms with Gasteiger partial charge in [0.25, 0.3) is 0 Å². The largest absolute Gasteiger partial charge is 0.473 e. The highest BCUT2D eigenvalue weighted by Gasteiger charge is 2.12. The number of ether oxygens (including phenoxy) is 1. The third-order valence-electron chi connectivity index (χ3n) is 3.07. The minimum Gasteiger partial charge on any atom is -0.473 e. The molecule has 0 unspecified atom stereocenters. The summed E-state index contributed by atoms with van der Waals surface area (Å²) in [4.78, 5) is 0. The van der Waals surface area contributed by atoms with E-state index in [0.717, 1.165) is 23.9 Å². The Labute approximate surface area is 141 Å². The molecule has 1 aromatic carbocycles. The number of hydrogen-bond acceptors (Lipinski definition) is 3. The predicted octanol–water partition coefficient (Wildman–Crippen LogP) is 3.54. The van der Waals surface area contributed by atoms with Gasteiger partial charge in [-0.15, -0.1) is 12.4 Å². The van der Waals surface area contributed by atoms with Crippen LogP contribution in [0.3, 0.4) is 0 Å². The Morgan fingerprint density at radius 1 is 1.26 bits per heavy atom. The minimum absolute atomic E-state index is 0. The normalized spacial score (nSPS) is 10.7. The summed E-state index contributed by atoms with van der Waals surface area (Å²) in [6.45, 7) is 5.44. The fourth-order valence-corrected chi connectivity index (χ4v) is 2.12. The molecule has 1 N–H and O–H groups in total. The topological polar surface area (TPSA) is 39.1 Å². The predicted molar refractivity (Wildman–Crippen MR) is 87.8 cm³/mol. The van der Waals surface area contributed by atoms with Crippen molar-refractivity contribution in [2.45, 2.75) is 33.5 Å². The smallest absolute Gasteiger partial charge is 0.212 e. The van der Waals surface area contributed by atoms with Gasteiger partial charge in [-0.05, 0) is 31.2 Å². The zero-order valence-electron chi connectivity index (χ0n) is 13.5. The quantitative estimate of drug-likeness (QED) is 0.834. The second kappa shape index (κ2) is 8.84. The van der Waals surface area contributed by atoms with Crippen LogP contribution in [-0.4, -0.2) is 16.8 Å². The zero-order valence-corrected chi connectivity index (χ0v) is 14.3. The molecular formula is C16H22ClF2N3O. The maximum Gasteiger partial charge on any atom is 0.212 e. The molecular weight excluding hydrogens is 324 g/mol. The van der Waals surface area contributed by atoms with E-state index in [1.165, 1.54) is 0 Å². The number of halogens is 3. The summed E-state index contributed by atoms with van der Waals surface area (Å²) in [7, 11) is 1.84. The zero-order chi connectivity index (χ0) is 16.1. The molecule has 2 aromatic rings. The van der Waals surface area contributed by atoms with Crippen LogP contribution < -0.4 is 10.1 Å². The second-order valence-corrected chi connectivity index (χ2v) is 5.60. The van der Waals surface area contributed by atoms with Crippen LogP contribution in [0.5, 0.6) is 5.88 Å². The summed E-state index contributed by atoms with van der Waals surface area (Å²) in [5, 5.41) is 7.48. The highest BCUT2D eigenvalue weighted by molar-refractivity contribution is 5.85. The summed E-state index contributed by atoms with van der Waals surface area (Å²) >= 11 is 0. The summed E-state index contributed by atoms with van der Waals surface area (Å²) in [6, 6.07) is 5.15. The molecule has 0 aliphatic rings. The van der Waals surface area contributed by atoms with E-state index in [-0.39, 0.29) is 24.6 Å².